The number of hydrogen-bond acceptors (Lipinski definition) is 1. The highest BCUT2D eigenvalue weighted by molar-refractivity contribution is 6.29. The average Bonchev–Trinajstić information content (AvgIpc) is 1.86. The van der Waals surface area contributed by atoms with E-state index in [1.807, 2.05) is 0 Å². The molecule has 0 saturated carbocycles. The third-order valence-electron chi connectivity index (χ3n) is 0.471. The molecule has 1 heterocycles. The molecule has 1 aliphatic heterocycles. The maximum Gasteiger partial charge on any atom is 0.129 e. The van der Waals surface area contributed by atoms with E-state index in [0.29, 0.717) is 11.6 Å². The first-order valence-corrected chi connectivity index (χ1v) is 1.94. The van der Waals surface area contributed by atoms with E-state index in [1.54, 1.807) is 0 Å². The summed E-state index contributed by atoms with van der Waals surface area (Å²) in [5.74, 6) is 0. The molecular formula is C3H3ClNO. The highest BCUT2D eigenvalue weighted by Crippen LogP contribution is 2.04. The largest absolute Gasteiger partial charge is 0.394 e. The third-order valence-corrected chi connectivity index (χ3v) is 0.679. The van der Waals surface area contributed by atoms with Gasteiger partial charge in [-0.25, -0.2) is 0 Å². The molecule has 2 nitrogen and oxygen atoms in total. The van der Waals surface area contributed by atoms with E-state index >= 15 is 0 Å². The van der Waals surface area contributed by atoms with Crippen LogP contribution in [0, 0.1) is 0 Å². The van der Waals surface area contributed by atoms with Gasteiger partial charge in [0.2, 0.25) is 0 Å². The third kappa shape index (κ3) is 0.640. The fourth-order valence-corrected chi connectivity index (χ4v) is 0.319. The van der Waals surface area contributed by atoms with Crippen LogP contribution in [0.2, 0.25) is 0 Å². The maximum absolute atomic E-state index is 5.35. The Morgan fingerprint density at radius 2 is 2.83 bits per heavy atom. The van der Waals surface area contributed by atoms with Crippen LogP contribution >= 0.6 is 11.6 Å². The summed E-state index contributed by atoms with van der Waals surface area (Å²) in [6.07, 6.45) is 1.42. The summed E-state index contributed by atoms with van der Waals surface area (Å²) >= 11 is 5.35. The van der Waals surface area contributed by atoms with Crippen LogP contribution in [0.4, 0.5) is 0 Å². The molecule has 1 radical (unpaired) electrons. The van der Waals surface area contributed by atoms with E-state index in [0.717, 1.165) is 0 Å². The summed E-state index contributed by atoms with van der Waals surface area (Å²) in [6.45, 7) is 0.515. The molecule has 0 bridgehead atoms. The smallest absolute Gasteiger partial charge is 0.129 e. The lowest BCUT2D eigenvalue weighted by molar-refractivity contribution is 0.158. The highest BCUT2D eigenvalue weighted by atomic mass is 35.5. The summed E-state index contributed by atoms with van der Waals surface area (Å²) in [5, 5.41) is 0.662. The molecule has 0 atom stereocenters. The molecular weight excluding hydrogens is 101 g/mol. The Labute approximate surface area is 40.7 Å². The van der Waals surface area contributed by atoms with E-state index in [1.165, 1.54) is 6.26 Å². The normalized spacial score (nSPS) is 19.8. The Hall–Kier alpha value is -0.210. The van der Waals surface area contributed by atoms with Gasteiger partial charge < -0.3 is 4.84 Å². The molecule has 0 N–H and O–H groups in total. The van der Waals surface area contributed by atoms with Gasteiger partial charge in [0.1, 0.15) is 6.26 Å². The predicted molar refractivity (Wildman–Crippen MR) is 22.0 cm³/mol. The summed E-state index contributed by atoms with van der Waals surface area (Å²) < 4.78 is 0. The topological polar surface area (TPSA) is 23.3 Å². The molecule has 0 aromatic carbocycles. The Bertz CT molecular complexity index is 80.9. The van der Waals surface area contributed by atoms with Crippen molar-refractivity contribution in [2.75, 3.05) is 6.54 Å². The van der Waals surface area contributed by atoms with E-state index in [9.17, 15) is 0 Å². The number of rotatable bonds is 0. The first-order valence-electron chi connectivity index (χ1n) is 1.57. The van der Waals surface area contributed by atoms with Crippen molar-refractivity contribution >= 4 is 11.6 Å². The van der Waals surface area contributed by atoms with Crippen molar-refractivity contribution in [3.63, 3.8) is 0 Å². The van der Waals surface area contributed by atoms with Gasteiger partial charge in [0, 0.05) is 0 Å². The number of hydroxylamine groups is 1. The number of nitrogens with zero attached hydrogens (tertiary/aromatic N) is 1. The van der Waals surface area contributed by atoms with Gasteiger partial charge in [-0.05, 0) is 5.48 Å². The molecule has 33 valence electrons. The summed E-state index contributed by atoms with van der Waals surface area (Å²) in [6, 6.07) is 0. The van der Waals surface area contributed by atoms with Gasteiger partial charge in [-0.1, -0.05) is 11.6 Å². The van der Waals surface area contributed by atoms with Gasteiger partial charge in [-0.15, -0.1) is 0 Å². The lowest BCUT2D eigenvalue weighted by Crippen LogP contribution is -1.93. The van der Waals surface area contributed by atoms with Gasteiger partial charge in [0.05, 0.1) is 11.6 Å². The molecule has 6 heavy (non-hydrogen) atoms. The van der Waals surface area contributed by atoms with Crippen LogP contribution in [0.25, 0.3) is 0 Å². The second kappa shape index (κ2) is 1.49. The Morgan fingerprint density at radius 1 is 2.00 bits per heavy atom. The van der Waals surface area contributed by atoms with Crippen molar-refractivity contribution in [3.05, 3.63) is 11.3 Å². The van der Waals surface area contributed by atoms with Crippen LogP contribution in [0.15, 0.2) is 11.3 Å². The van der Waals surface area contributed by atoms with Gasteiger partial charge in [0.15, 0.2) is 0 Å². The van der Waals surface area contributed by atoms with Crippen molar-refractivity contribution in [1.82, 2.24) is 5.48 Å². The lowest BCUT2D eigenvalue weighted by atomic mass is 10.7. The molecule has 0 saturated heterocycles. The van der Waals surface area contributed by atoms with Crippen molar-refractivity contribution < 1.29 is 4.84 Å². The number of halogens is 1. The van der Waals surface area contributed by atoms with Crippen LogP contribution in [-0.4, -0.2) is 6.54 Å². The Kier molecular flexibility index (Phi) is 0.986. The molecule has 0 aromatic heterocycles. The molecule has 1 rings (SSSR count). The SMILES string of the molecule is ClC1=CO[N]C1. The molecule has 1 aliphatic rings. The molecule has 0 fully saturated rings. The fourth-order valence-electron chi connectivity index (χ4n) is 0.231. The number of hydrogen-bond donors (Lipinski definition) is 0. The zero-order valence-corrected chi connectivity index (χ0v) is 3.77. The van der Waals surface area contributed by atoms with Gasteiger partial charge >= 0.3 is 0 Å². The van der Waals surface area contributed by atoms with Crippen LogP contribution < -0.4 is 5.48 Å². The van der Waals surface area contributed by atoms with Gasteiger partial charge in [-0.2, -0.15) is 0 Å². The van der Waals surface area contributed by atoms with Crippen molar-refractivity contribution in [3.8, 4) is 0 Å². The fraction of sp³-hybridized carbons (Fsp3) is 0.333. The van der Waals surface area contributed by atoms with Crippen LogP contribution in [0.1, 0.15) is 0 Å². The van der Waals surface area contributed by atoms with Crippen molar-refractivity contribution in [1.29, 1.82) is 0 Å². The zero-order valence-electron chi connectivity index (χ0n) is 3.02. The van der Waals surface area contributed by atoms with E-state index in [4.69, 9.17) is 11.6 Å². The average molecular weight is 105 g/mol. The molecule has 0 amide bonds. The van der Waals surface area contributed by atoms with Crippen LogP contribution in [0.5, 0.6) is 0 Å². The van der Waals surface area contributed by atoms with E-state index in [-0.39, 0.29) is 0 Å². The quantitative estimate of drug-likeness (QED) is 0.442. The molecule has 3 heteroatoms. The van der Waals surface area contributed by atoms with E-state index in [2.05, 4.69) is 10.3 Å². The minimum Gasteiger partial charge on any atom is -0.394 e. The summed E-state index contributed by atoms with van der Waals surface area (Å²) in [4.78, 5) is 4.39. The van der Waals surface area contributed by atoms with E-state index < -0.39 is 0 Å². The molecule has 0 aromatic rings. The van der Waals surface area contributed by atoms with Gasteiger partial charge in [-0.3, -0.25) is 0 Å². The summed E-state index contributed by atoms with van der Waals surface area (Å²) in [5.41, 5.74) is 3.44. The molecule has 0 aliphatic carbocycles. The molecule has 0 unspecified atom stereocenters. The Morgan fingerprint density at radius 3 is 3.00 bits per heavy atom. The second-order valence-corrected chi connectivity index (χ2v) is 1.44. The summed E-state index contributed by atoms with van der Waals surface area (Å²) in [7, 11) is 0. The van der Waals surface area contributed by atoms with Crippen molar-refractivity contribution in [2.45, 2.75) is 0 Å². The molecule has 0 spiro atoms. The second-order valence-electron chi connectivity index (χ2n) is 0.957. The van der Waals surface area contributed by atoms with Crippen molar-refractivity contribution in [2.24, 2.45) is 0 Å². The first-order chi connectivity index (χ1) is 2.89. The first kappa shape index (κ1) is 3.96. The monoisotopic (exact) mass is 104 g/mol. The highest BCUT2D eigenvalue weighted by Gasteiger charge is 1.99. The lowest BCUT2D eigenvalue weighted by Gasteiger charge is -1.77. The zero-order chi connectivity index (χ0) is 4.41. The minimum atomic E-state index is 0.515. The van der Waals surface area contributed by atoms with Crippen LogP contribution in [0.3, 0.4) is 0 Å². The maximum atomic E-state index is 5.35. The standard InChI is InChI=1S/C3H3ClNO/c4-3-1-5-6-2-3/h2H,1H2. The van der Waals surface area contributed by atoms with Crippen LogP contribution in [-0.2, 0) is 4.84 Å². The predicted octanol–water partition coefficient (Wildman–Crippen LogP) is 0.616. The minimum absolute atomic E-state index is 0.515. The Balaban J connectivity index is 2.45. The van der Waals surface area contributed by atoms with Gasteiger partial charge in [0.25, 0.3) is 0 Å².